The van der Waals surface area contributed by atoms with Crippen LogP contribution in [0.1, 0.15) is 57.8 Å². The van der Waals surface area contributed by atoms with Crippen LogP contribution in [0.3, 0.4) is 0 Å². The second-order valence-corrected chi connectivity index (χ2v) is 9.22. The van der Waals surface area contributed by atoms with E-state index in [4.69, 9.17) is 4.74 Å². The molecule has 4 saturated heterocycles. The van der Waals surface area contributed by atoms with Crippen LogP contribution in [0.25, 0.3) is 0 Å². The third-order valence-corrected chi connectivity index (χ3v) is 7.28. The first-order valence-corrected chi connectivity index (χ1v) is 11.0. The standard InChI is InChI=1S/C19H30F6N4O2/c20-18(21,22)12-7-8-13-15-27-28-16(31-15)17(30,19(23,24)25)9-3-1-2-5-11-6-4-10-29(11)14(12)26-13/h11-16,26-28,30H,1-10H2/t11-,12?,13?,14?,15?,16?,17?/m1/s1. The van der Waals surface area contributed by atoms with Crippen molar-refractivity contribution in [1.82, 2.24) is 21.1 Å². The Morgan fingerprint density at radius 1 is 0.903 bits per heavy atom. The van der Waals surface area contributed by atoms with Crippen LogP contribution in [0.4, 0.5) is 26.3 Å². The van der Waals surface area contributed by atoms with Gasteiger partial charge in [-0.25, -0.2) is 10.9 Å². The maximum absolute atomic E-state index is 13.8. The fraction of sp³-hybridized carbons (Fsp3) is 1.00. The van der Waals surface area contributed by atoms with E-state index in [0.717, 1.165) is 12.8 Å². The normalized spacial score (nSPS) is 43.5. The number of halogens is 6. The van der Waals surface area contributed by atoms with E-state index in [2.05, 4.69) is 16.2 Å². The van der Waals surface area contributed by atoms with Crippen molar-refractivity contribution in [2.75, 3.05) is 6.54 Å². The molecule has 4 fully saturated rings. The van der Waals surface area contributed by atoms with Crippen molar-refractivity contribution in [2.45, 2.75) is 106 Å². The molecule has 31 heavy (non-hydrogen) atoms. The molecule has 4 N–H and O–H groups in total. The lowest BCUT2D eigenvalue weighted by Gasteiger charge is -2.46. The summed E-state index contributed by atoms with van der Waals surface area (Å²) in [7, 11) is 0. The average molecular weight is 460 g/mol. The number of hydrazine groups is 1. The van der Waals surface area contributed by atoms with E-state index in [1.807, 2.05) is 4.90 Å². The molecule has 0 aromatic rings. The quantitative estimate of drug-likeness (QED) is 0.417. The third-order valence-electron chi connectivity index (χ3n) is 7.28. The molecule has 4 heterocycles. The van der Waals surface area contributed by atoms with Crippen molar-refractivity contribution in [3.63, 3.8) is 0 Å². The van der Waals surface area contributed by atoms with Gasteiger partial charge in [0.2, 0.25) is 5.60 Å². The maximum Gasteiger partial charge on any atom is 0.421 e. The number of aliphatic hydroxyl groups is 1. The van der Waals surface area contributed by atoms with Gasteiger partial charge in [0.15, 0.2) is 6.23 Å². The van der Waals surface area contributed by atoms with Gasteiger partial charge in [-0.2, -0.15) is 26.3 Å². The second kappa shape index (κ2) is 8.60. The molecule has 7 atom stereocenters. The lowest BCUT2D eigenvalue weighted by atomic mass is 9.88. The number of hydrogen-bond donors (Lipinski definition) is 4. The molecule has 0 saturated carbocycles. The van der Waals surface area contributed by atoms with E-state index < -0.39 is 55.0 Å². The Morgan fingerprint density at radius 2 is 1.65 bits per heavy atom. The SMILES string of the molecule is OC1(C(F)(F)F)CCCCC[C@@H]2CCCN2C2NC(CCC2C(F)(F)F)C2NNC1O2. The van der Waals surface area contributed by atoms with Crippen LogP contribution in [0.15, 0.2) is 0 Å². The molecule has 4 aliphatic rings. The number of fused-ring (bicyclic) bond motifs is 7. The van der Waals surface area contributed by atoms with E-state index >= 15 is 0 Å². The fourth-order valence-electron chi connectivity index (χ4n) is 5.55. The van der Waals surface area contributed by atoms with Crippen LogP contribution in [0.2, 0.25) is 0 Å². The van der Waals surface area contributed by atoms with Crippen LogP contribution in [-0.4, -0.2) is 65.2 Å². The molecule has 0 aromatic carbocycles. The van der Waals surface area contributed by atoms with Crippen molar-refractivity contribution in [1.29, 1.82) is 0 Å². The number of rotatable bonds is 0. The minimum Gasteiger partial charge on any atom is -0.377 e. The van der Waals surface area contributed by atoms with Crippen molar-refractivity contribution in [3.05, 3.63) is 0 Å². The molecule has 4 rings (SSSR count). The Bertz CT molecular complexity index is 635. The predicted octanol–water partition coefficient (Wildman–Crippen LogP) is 2.74. The highest BCUT2D eigenvalue weighted by molar-refractivity contribution is 5.00. The summed E-state index contributed by atoms with van der Waals surface area (Å²) in [4.78, 5) is 1.90. The Kier molecular flexibility index (Phi) is 6.52. The van der Waals surface area contributed by atoms with E-state index in [0.29, 0.717) is 25.8 Å². The number of nitrogens with one attached hydrogen (secondary N) is 3. The van der Waals surface area contributed by atoms with Gasteiger partial charge in [-0.3, -0.25) is 10.2 Å². The monoisotopic (exact) mass is 460 g/mol. The molecule has 6 unspecified atom stereocenters. The molecule has 180 valence electrons. The third kappa shape index (κ3) is 4.56. The number of alkyl halides is 6. The van der Waals surface area contributed by atoms with Gasteiger partial charge in [0.05, 0.1) is 12.1 Å². The first kappa shape index (κ1) is 23.5. The number of piperidine rings is 1. The summed E-state index contributed by atoms with van der Waals surface area (Å²) in [6, 6.07) is -0.656. The van der Waals surface area contributed by atoms with Crippen LogP contribution in [0.5, 0.6) is 0 Å². The van der Waals surface area contributed by atoms with E-state index in [-0.39, 0.29) is 25.3 Å². The smallest absolute Gasteiger partial charge is 0.377 e. The Labute approximate surface area is 177 Å². The molecule has 6 nitrogen and oxygen atoms in total. The summed E-state index contributed by atoms with van der Waals surface area (Å²) in [5.74, 6) is -1.55. The highest BCUT2D eigenvalue weighted by Crippen LogP contribution is 2.42. The minimum atomic E-state index is -4.91. The lowest BCUT2D eigenvalue weighted by Crippen LogP contribution is -2.64. The van der Waals surface area contributed by atoms with Gasteiger partial charge in [0.25, 0.3) is 0 Å². The Hall–Kier alpha value is -0.660. The minimum absolute atomic E-state index is 0.0335. The fourth-order valence-corrected chi connectivity index (χ4v) is 5.55. The van der Waals surface area contributed by atoms with Gasteiger partial charge in [-0.05, 0) is 45.1 Å². The van der Waals surface area contributed by atoms with Gasteiger partial charge in [-0.1, -0.05) is 19.3 Å². The summed E-state index contributed by atoms with van der Waals surface area (Å²) in [6.07, 6.45) is -10.1. The van der Waals surface area contributed by atoms with Gasteiger partial charge >= 0.3 is 12.4 Å². The number of ether oxygens (including phenoxy) is 1. The summed E-state index contributed by atoms with van der Waals surface area (Å²) >= 11 is 0. The molecule has 4 bridgehead atoms. The lowest BCUT2D eigenvalue weighted by molar-refractivity contribution is -0.300. The van der Waals surface area contributed by atoms with Gasteiger partial charge in [0, 0.05) is 12.1 Å². The van der Waals surface area contributed by atoms with Crippen LogP contribution in [-0.2, 0) is 4.74 Å². The van der Waals surface area contributed by atoms with Crippen molar-refractivity contribution >= 4 is 0 Å². The van der Waals surface area contributed by atoms with E-state index in [1.165, 1.54) is 0 Å². The Balaban J connectivity index is 1.60. The molecule has 0 aromatic heterocycles. The largest absolute Gasteiger partial charge is 0.421 e. The topological polar surface area (TPSA) is 68.8 Å². The summed E-state index contributed by atoms with van der Waals surface area (Å²) in [5.41, 5.74) is 1.94. The van der Waals surface area contributed by atoms with Gasteiger partial charge in [0.1, 0.15) is 6.23 Å². The summed E-state index contributed by atoms with van der Waals surface area (Å²) in [6.45, 7) is 0.565. The highest BCUT2D eigenvalue weighted by atomic mass is 19.4. The van der Waals surface area contributed by atoms with E-state index in [9.17, 15) is 31.4 Å². The van der Waals surface area contributed by atoms with Gasteiger partial charge in [-0.15, -0.1) is 0 Å². The van der Waals surface area contributed by atoms with Crippen molar-refractivity contribution in [3.8, 4) is 0 Å². The average Bonchev–Trinajstić information content (AvgIpc) is 3.35. The van der Waals surface area contributed by atoms with Crippen LogP contribution < -0.4 is 16.2 Å². The molecular weight excluding hydrogens is 430 g/mol. The van der Waals surface area contributed by atoms with Gasteiger partial charge < -0.3 is 9.84 Å². The first-order chi connectivity index (χ1) is 14.5. The molecule has 0 spiro atoms. The number of hydrogen-bond acceptors (Lipinski definition) is 6. The second-order valence-electron chi connectivity index (χ2n) is 9.22. The molecule has 0 amide bonds. The molecule has 4 aliphatic heterocycles. The zero-order valence-corrected chi connectivity index (χ0v) is 17.1. The first-order valence-electron chi connectivity index (χ1n) is 11.0. The van der Waals surface area contributed by atoms with Crippen molar-refractivity contribution in [2.24, 2.45) is 5.92 Å². The summed E-state index contributed by atoms with van der Waals surface area (Å²) < 4.78 is 88.1. The zero-order valence-electron chi connectivity index (χ0n) is 17.1. The maximum atomic E-state index is 13.8. The number of nitrogens with zero attached hydrogens (tertiary/aromatic N) is 1. The molecule has 0 radical (unpaired) electrons. The van der Waals surface area contributed by atoms with Crippen molar-refractivity contribution < 1.29 is 36.2 Å². The van der Waals surface area contributed by atoms with E-state index in [1.54, 1.807) is 0 Å². The zero-order chi connectivity index (χ0) is 22.4. The summed E-state index contributed by atoms with van der Waals surface area (Å²) in [5, 5.41) is 13.5. The Morgan fingerprint density at radius 3 is 2.35 bits per heavy atom. The molecular formula is C19H30F6N4O2. The highest BCUT2D eigenvalue weighted by Gasteiger charge is 2.61. The van der Waals surface area contributed by atoms with Crippen LogP contribution in [0, 0.1) is 5.92 Å². The molecule has 12 heteroatoms. The van der Waals surface area contributed by atoms with Crippen LogP contribution >= 0.6 is 0 Å². The molecule has 0 aliphatic carbocycles. The predicted molar refractivity (Wildman–Crippen MR) is 98.2 cm³/mol.